The molecule has 0 saturated carbocycles. The maximum atomic E-state index is 14.2. The Kier molecular flexibility index (Phi) is 8.78. The number of carbonyl (C=O) groups is 2. The molecule has 1 aromatic rings. The third kappa shape index (κ3) is 6.26. The number of aromatic nitrogens is 2. The predicted octanol–water partition coefficient (Wildman–Crippen LogP) is 4.14. The van der Waals surface area contributed by atoms with Crippen LogP contribution >= 0.6 is 15.9 Å². The molecule has 1 N–H and O–H groups in total. The first-order valence-electron chi connectivity index (χ1n) is 10.5. The number of hydrogen-bond acceptors (Lipinski definition) is 7. The molecular weight excluding hydrogens is 490 g/mol. The molecule has 11 heteroatoms. The van der Waals surface area contributed by atoms with Crippen molar-refractivity contribution >= 4 is 33.8 Å². The molecule has 1 aliphatic rings. The first-order valence-corrected chi connectivity index (χ1v) is 11.3. The molecule has 1 fully saturated rings. The highest BCUT2D eigenvalue weighted by Crippen LogP contribution is 2.38. The fraction of sp³-hybridized carbons (Fsp3) is 0.714. The molecule has 2 heterocycles. The van der Waals surface area contributed by atoms with Crippen molar-refractivity contribution < 1.29 is 27.8 Å². The summed E-state index contributed by atoms with van der Waals surface area (Å²) in [6, 6.07) is -1.04. The van der Waals surface area contributed by atoms with E-state index >= 15 is 0 Å². The van der Waals surface area contributed by atoms with Crippen LogP contribution in [0.2, 0.25) is 0 Å². The molecule has 0 aliphatic carbocycles. The van der Waals surface area contributed by atoms with Crippen molar-refractivity contribution in [2.45, 2.75) is 59.1 Å². The van der Waals surface area contributed by atoms with Gasteiger partial charge in [-0.05, 0) is 63.4 Å². The number of nitrogens with one attached hydrogen (secondary N) is 1. The van der Waals surface area contributed by atoms with Crippen molar-refractivity contribution in [3.8, 4) is 0 Å². The van der Waals surface area contributed by atoms with E-state index in [-0.39, 0.29) is 25.1 Å². The number of aryl methyl sites for hydroxylation is 1. The Bertz CT molecular complexity index is 827. The second-order valence-electron chi connectivity index (χ2n) is 8.83. The summed E-state index contributed by atoms with van der Waals surface area (Å²) < 4.78 is 38.9. The maximum absolute atomic E-state index is 14.2. The maximum Gasteiger partial charge on any atom is 0.407 e. The van der Waals surface area contributed by atoms with Gasteiger partial charge in [-0.3, -0.25) is 4.39 Å². The zero-order valence-electron chi connectivity index (χ0n) is 19.1. The lowest BCUT2D eigenvalue weighted by molar-refractivity contribution is 0.0330. The summed E-state index contributed by atoms with van der Waals surface area (Å²) in [5.74, 6) is -0.264. The highest BCUT2D eigenvalue weighted by atomic mass is 79.9. The summed E-state index contributed by atoms with van der Waals surface area (Å²) in [7, 11) is 0. The molecule has 0 bridgehead atoms. The van der Waals surface area contributed by atoms with Crippen molar-refractivity contribution in [1.82, 2.24) is 15.3 Å². The van der Waals surface area contributed by atoms with Gasteiger partial charge in [-0.25, -0.2) is 23.9 Å². The van der Waals surface area contributed by atoms with Crippen LogP contribution in [0.25, 0.3) is 0 Å². The van der Waals surface area contributed by atoms with E-state index < -0.39 is 42.5 Å². The predicted molar refractivity (Wildman–Crippen MR) is 119 cm³/mol. The lowest BCUT2D eigenvalue weighted by atomic mass is 9.73. The summed E-state index contributed by atoms with van der Waals surface area (Å²) in [5, 5.41) is 2.50. The van der Waals surface area contributed by atoms with Gasteiger partial charge in [0.15, 0.2) is 11.5 Å². The molecule has 1 atom stereocenters. The first kappa shape index (κ1) is 26.2. The van der Waals surface area contributed by atoms with Gasteiger partial charge < -0.3 is 19.7 Å². The zero-order chi connectivity index (χ0) is 24.1. The molecule has 1 amide bonds. The van der Waals surface area contributed by atoms with Gasteiger partial charge in [0.25, 0.3) is 0 Å². The quantitative estimate of drug-likeness (QED) is 0.539. The minimum absolute atomic E-state index is 0.0611. The van der Waals surface area contributed by atoms with Crippen LogP contribution < -0.4 is 10.2 Å². The van der Waals surface area contributed by atoms with Crippen LogP contribution in [-0.2, 0) is 9.47 Å². The average molecular weight is 521 g/mol. The number of ether oxygens (including phenoxy) is 2. The number of rotatable bonds is 7. The van der Waals surface area contributed by atoms with Crippen LogP contribution in [0, 0.1) is 12.3 Å². The van der Waals surface area contributed by atoms with Crippen LogP contribution in [0.3, 0.4) is 0 Å². The number of anilines is 1. The van der Waals surface area contributed by atoms with Gasteiger partial charge >= 0.3 is 12.1 Å². The average Bonchev–Trinajstić information content (AvgIpc) is 2.72. The highest BCUT2D eigenvalue weighted by Gasteiger charge is 2.44. The van der Waals surface area contributed by atoms with E-state index in [0.717, 1.165) is 0 Å². The van der Waals surface area contributed by atoms with Crippen LogP contribution in [0.1, 0.15) is 56.7 Å². The topological polar surface area (TPSA) is 93.6 Å². The number of halogens is 3. The zero-order valence-corrected chi connectivity index (χ0v) is 20.7. The smallest absolute Gasteiger partial charge is 0.407 e. The molecule has 0 aromatic carbocycles. The molecule has 32 heavy (non-hydrogen) atoms. The Morgan fingerprint density at radius 2 is 1.88 bits per heavy atom. The molecule has 1 saturated heterocycles. The molecular formula is C21H31BrF2N4O4. The number of hydrogen-bond donors (Lipinski definition) is 1. The van der Waals surface area contributed by atoms with Gasteiger partial charge in [0, 0.05) is 18.5 Å². The normalized spacial score (nSPS) is 16.9. The molecule has 1 aromatic heterocycles. The lowest BCUT2D eigenvalue weighted by Gasteiger charge is -2.44. The van der Waals surface area contributed by atoms with Crippen molar-refractivity contribution in [1.29, 1.82) is 0 Å². The third-order valence-corrected chi connectivity index (χ3v) is 6.12. The lowest BCUT2D eigenvalue weighted by Crippen LogP contribution is -2.56. The second-order valence-corrected chi connectivity index (χ2v) is 9.58. The van der Waals surface area contributed by atoms with E-state index in [1.807, 2.05) is 4.90 Å². The summed E-state index contributed by atoms with van der Waals surface area (Å²) >= 11 is 3.28. The number of nitrogens with zero attached hydrogens (tertiary/aromatic N) is 3. The summed E-state index contributed by atoms with van der Waals surface area (Å²) in [5.41, 5.74) is -1.20. The third-order valence-electron chi connectivity index (χ3n) is 5.37. The van der Waals surface area contributed by atoms with E-state index in [2.05, 4.69) is 31.2 Å². The summed E-state index contributed by atoms with van der Waals surface area (Å²) in [6.45, 7) is 7.60. The Labute approximate surface area is 195 Å². The minimum Gasteiger partial charge on any atom is -0.461 e. The Hall–Kier alpha value is -2.04. The van der Waals surface area contributed by atoms with E-state index in [0.29, 0.717) is 29.2 Å². The van der Waals surface area contributed by atoms with Crippen molar-refractivity contribution in [3.05, 3.63) is 16.0 Å². The van der Waals surface area contributed by atoms with Gasteiger partial charge in [-0.15, -0.1) is 0 Å². The van der Waals surface area contributed by atoms with Gasteiger partial charge in [0.05, 0.1) is 25.0 Å². The standard InChI is InChI=1S/C21H31BrF2N4O4/c1-6-31-18(29)15-17(25-13(2)16(22)27-15)28-9-7-21(12-24,8-10-28)14(11-23)26-19(30)32-20(3,4)5/h14H,6-12H2,1-5H3,(H,26,30). The van der Waals surface area contributed by atoms with Gasteiger partial charge in [0.2, 0.25) is 0 Å². The molecule has 1 aliphatic heterocycles. The Balaban J connectivity index is 2.22. The van der Waals surface area contributed by atoms with Gasteiger partial charge in [-0.2, -0.15) is 0 Å². The Morgan fingerprint density at radius 1 is 1.25 bits per heavy atom. The van der Waals surface area contributed by atoms with E-state index in [9.17, 15) is 18.4 Å². The number of carbonyl (C=O) groups excluding carboxylic acids is 2. The Morgan fingerprint density at radius 3 is 2.38 bits per heavy atom. The number of alkyl carbamates (subject to hydrolysis) is 1. The molecule has 1 unspecified atom stereocenters. The van der Waals surface area contributed by atoms with E-state index in [4.69, 9.17) is 9.47 Å². The molecule has 0 spiro atoms. The fourth-order valence-corrected chi connectivity index (χ4v) is 3.85. The van der Waals surface area contributed by atoms with Gasteiger partial charge in [0.1, 0.15) is 16.9 Å². The number of piperidine rings is 1. The van der Waals surface area contributed by atoms with E-state index in [1.54, 1.807) is 34.6 Å². The van der Waals surface area contributed by atoms with Crippen molar-refractivity contribution in [2.24, 2.45) is 5.41 Å². The van der Waals surface area contributed by atoms with Crippen molar-refractivity contribution in [2.75, 3.05) is 37.9 Å². The van der Waals surface area contributed by atoms with Crippen LogP contribution in [0.5, 0.6) is 0 Å². The van der Waals surface area contributed by atoms with Crippen LogP contribution in [0.15, 0.2) is 4.60 Å². The summed E-state index contributed by atoms with van der Waals surface area (Å²) in [4.78, 5) is 35.1. The molecule has 8 nitrogen and oxygen atoms in total. The highest BCUT2D eigenvalue weighted by molar-refractivity contribution is 9.10. The van der Waals surface area contributed by atoms with E-state index in [1.165, 1.54) is 0 Å². The summed E-state index contributed by atoms with van der Waals surface area (Å²) in [6.07, 6.45) is -0.297. The first-order chi connectivity index (χ1) is 15.0. The number of esters is 1. The van der Waals surface area contributed by atoms with Crippen LogP contribution in [-0.4, -0.2) is 66.7 Å². The largest absolute Gasteiger partial charge is 0.461 e. The number of amides is 1. The van der Waals surface area contributed by atoms with Crippen LogP contribution in [0.4, 0.5) is 19.4 Å². The second kappa shape index (κ2) is 10.7. The SMILES string of the molecule is CCOC(=O)c1nc(Br)c(C)nc1N1CCC(CF)(C(CF)NC(=O)OC(C)(C)C)CC1. The fourth-order valence-electron chi connectivity index (χ4n) is 3.59. The van der Waals surface area contributed by atoms with Crippen molar-refractivity contribution in [3.63, 3.8) is 0 Å². The molecule has 0 radical (unpaired) electrons. The monoisotopic (exact) mass is 520 g/mol. The minimum atomic E-state index is -1.09. The molecule has 180 valence electrons. The number of alkyl halides is 2. The van der Waals surface area contributed by atoms with Gasteiger partial charge in [-0.1, -0.05) is 0 Å². The molecule has 2 rings (SSSR count).